The van der Waals surface area contributed by atoms with Crippen molar-refractivity contribution in [1.29, 1.82) is 0 Å². The molecule has 0 saturated heterocycles. The van der Waals surface area contributed by atoms with E-state index in [1.807, 2.05) is 0 Å². The van der Waals surface area contributed by atoms with Gasteiger partial charge >= 0.3 is 12.1 Å². The first-order valence-corrected chi connectivity index (χ1v) is 8.29. The third-order valence-corrected chi connectivity index (χ3v) is 4.15. The number of nitrogens with one attached hydrogen (secondary N) is 1. The molecule has 1 heterocycles. The van der Waals surface area contributed by atoms with Gasteiger partial charge in [0.25, 0.3) is 0 Å². The van der Waals surface area contributed by atoms with Gasteiger partial charge in [-0.15, -0.1) is 0 Å². The van der Waals surface area contributed by atoms with Crippen LogP contribution in [0.5, 0.6) is 0 Å². The fourth-order valence-electron chi connectivity index (χ4n) is 2.80. The first-order chi connectivity index (χ1) is 13.3. The third kappa shape index (κ3) is 4.00. The number of esters is 1. The molecule has 2 aromatic carbocycles. The zero-order chi connectivity index (χ0) is 20.3. The van der Waals surface area contributed by atoms with Crippen LogP contribution in [-0.4, -0.2) is 25.4 Å². The summed E-state index contributed by atoms with van der Waals surface area (Å²) >= 11 is 0. The minimum absolute atomic E-state index is 0.0469. The summed E-state index contributed by atoms with van der Waals surface area (Å²) in [4.78, 5) is 24.4. The number of carbonyl (C=O) groups is 2. The SMILES string of the molecule is COC(=O)CNC1=C(c2cccc(C(F)(F)F)c2)C(=O)C(c2ccccc2)O1. The van der Waals surface area contributed by atoms with Crippen molar-refractivity contribution in [2.24, 2.45) is 0 Å². The molecule has 0 fully saturated rings. The molecule has 146 valence electrons. The van der Waals surface area contributed by atoms with Crippen LogP contribution in [0.3, 0.4) is 0 Å². The second-order valence-electron chi connectivity index (χ2n) is 5.99. The fourth-order valence-corrected chi connectivity index (χ4v) is 2.80. The smallest absolute Gasteiger partial charge is 0.416 e. The van der Waals surface area contributed by atoms with Crippen molar-refractivity contribution < 1.29 is 32.2 Å². The lowest BCUT2D eigenvalue weighted by atomic mass is 9.96. The van der Waals surface area contributed by atoms with Crippen LogP contribution in [0.25, 0.3) is 5.57 Å². The van der Waals surface area contributed by atoms with Gasteiger partial charge in [0.2, 0.25) is 5.78 Å². The molecule has 0 bridgehead atoms. The highest BCUT2D eigenvalue weighted by atomic mass is 19.4. The van der Waals surface area contributed by atoms with Crippen molar-refractivity contribution in [3.8, 4) is 0 Å². The molecule has 0 aromatic heterocycles. The predicted molar refractivity (Wildman–Crippen MR) is 93.7 cm³/mol. The van der Waals surface area contributed by atoms with Crippen LogP contribution in [0.1, 0.15) is 22.8 Å². The molecule has 0 spiro atoms. The van der Waals surface area contributed by atoms with E-state index in [4.69, 9.17) is 4.74 Å². The number of ether oxygens (including phenoxy) is 2. The van der Waals surface area contributed by atoms with Gasteiger partial charge < -0.3 is 14.8 Å². The first kappa shape index (κ1) is 19.5. The number of halogens is 3. The van der Waals surface area contributed by atoms with E-state index in [1.165, 1.54) is 19.2 Å². The Morgan fingerprint density at radius 2 is 1.86 bits per heavy atom. The lowest BCUT2D eigenvalue weighted by Crippen LogP contribution is -2.24. The molecule has 3 rings (SSSR count). The van der Waals surface area contributed by atoms with E-state index in [9.17, 15) is 22.8 Å². The molecule has 2 aromatic rings. The molecule has 1 aliphatic rings. The number of carbonyl (C=O) groups excluding carboxylic acids is 2. The molecule has 1 unspecified atom stereocenters. The Morgan fingerprint density at radius 3 is 2.50 bits per heavy atom. The molecule has 28 heavy (non-hydrogen) atoms. The highest BCUT2D eigenvalue weighted by Crippen LogP contribution is 2.38. The maximum Gasteiger partial charge on any atom is 0.416 e. The van der Waals surface area contributed by atoms with Crippen LogP contribution in [0.15, 0.2) is 60.5 Å². The fraction of sp³-hybridized carbons (Fsp3) is 0.200. The lowest BCUT2D eigenvalue weighted by Gasteiger charge is -2.12. The number of rotatable bonds is 5. The predicted octanol–water partition coefficient (Wildman–Crippen LogP) is 3.48. The molecule has 1 aliphatic heterocycles. The maximum atomic E-state index is 13.1. The van der Waals surface area contributed by atoms with Gasteiger partial charge in [0.05, 0.1) is 18.2 Å². The second kappa shape index (κ2) is 7.75. The molecule has 5 nitrogen and oxygen atoms in total. The number of hydrogen-bond donors (Lipinski definition) is 1. The summed E-state index contributed by atoms with van der Waals surface area (Å²) < 4.78 is 49.5. The van der Waals surface area contributed by atoms with Crippen LogP contribution in [0.4, 0.5) is 13.2 Å². The summed E-state index contributed by atoms with van der Waals surface area (Å²) in [5, 5.41) is 2.65. The van der Waals surface area contributed by atoms with Gasteiger partial charge in [0.1, 0.15) is 6.54 Å². The number of Topliss-reactive ketones (excluding diaryl/α,β-unsaturated/α-hetero) is 1. The molecule has 8 heteroatoms. The summed E-state index contributed by atoms with van der Waals surface area (Å²) in [5.41, 5.74) is -0.345. The monoisotopic (exact) mass is 391 g/mol. The van der Waals surface area contributed by atoms with Crippen molar-refractivity contribution >= 4 is 17.3 Å². The van der Waals surface area contributed by atoms with Gasteiger partial charge in [0.15, 0.2) is 12.0 Å². The van der Waals surface area contributed by atoms with Gasteiger partial charge in [0, 0.05) is 5.56 Å². The van der Waals surface area contributed by atoms with Crippen LogP contribution in [0, 0.1) is 0 Å². The van der Waals surface area contributed by atoms with Crippen LogP contribution >= 0.6 is 0 Å². The Morgan fingerprint density at radius 1 is 1.14 bits per heavy atom. The molecule has 0 radical (unpaired) electrons. The molecule has 0 saturated carbocycles. The average Bonchev–Trinajstić information content (AvgIpc) is 3.02. The van der Waals surface area contributed by atoms with E-state index >= 15 is 0 Å². The Balaban J connectivity index is 2.01. The minimum atomic E-state index is -4.56. The number of alkyl halides is 3. The summed E-state index contributed by atoms with van der Waals surface area (Å²) in [7, 11) is 1.19. The van der Waals surface area contributed by atoms with Gasteiger partial charge in [-0.2, -0.15) is 13.2 Å². The quantitative estimate of drug-likeness (QED) is 0.791. The Bertz CT molecular complexity index is 923. The van der Waals surface area contributed by atoms with E-state index < -0.39 is 29.6 Å². The van der Waals surface area contributed by atoms with Gasteiger partial charge in [-0.3, -0.25) is 9.59 Å². The van der Waals surface area contributed by atoms with E-state index in [0.29, 0.717) is 5.56 Å². The lowest BCUT2D eigenvalue weighted by molar-refractivity contribution is -0.139. The van der Waals surface area contributed by atoms with Crippen LogP contribution in [-0.2, 0) is 25.2 Å². The van der Waals surface area contributed by atoms with Crippen LogP contribution < -0.4 is 5.32 Å². The number of hydrogen-bond acceptors (Lipinski definition) is 5. The Hall–Kier alpha value is -3.29. The molecular weight excluding hydrogens is 375 g/mol. The van der Waals surface area contributed by atoms with Crippen LogP contribution in [0.2, 0.25) is 0 Å². The first-order valence-electron chi connectivity index (χ1n) is 8.29. The van der Waals surface area contributed by atoms with Gasteiger partial charge in [-0.1, -0.05) is 42.5 Å². The highest BCUT2D eigenvalue weighted by Gasteiger charge is 2.38. The third-order valence-electron chi connectivity index (χ3n) is 4.15. The molecule has 0 aliphatic carbocycles. The molecule has 1 atom stereocenters. The van der Waals surface area contributed by atoms with E-state index in [0.717, 1.165) is 12.1 Å². The zero-order valence-electron chi connectivity index (χ0n) is 14.7. The second-order valence-corrected chi connectivity index (χ2v) is 5.99. The van der Waals surface area contributed by atoms with E-state index in [1.54, 1.807) is 30.3 Å². The minimum Gasteiger partial charge on any atom is -0.468 e. The number of methoxy groups -OCH3 is 1. The van der Waals surface area contributed by atoms with E-state index in [2.05, 4.69) is 10.1 Å². The number of benzene rings is 2. The summed E-state index contributed by atoms with van der Waals surface area (Å²) in [6.45, 7) is -0.302. The van der Waals surface area contributed by atoms with Crippen molar-refractivity contribution in [2.75, 3.05) is 13.7 Å². The Labute approximate surface area is 158 Å². The zero-order valence-corrected chi connectivity index (χ0v) is 14.7. The summed E-state index contributed by atoms with van der Waals surface area (Å²) in [6.07, 6.45) is -5.58. The van der Waals surface area contributed by atoms with Gasteiger partial charge in [-0.25, -0.2) is 0 Å². The summed E-state index contributed by atoms with van der Waals surface area (Å²) in [6, 6.07) is 13.0. The van der Waals surface area contributed by atoms with Gasteiger partial charge in [-0.05, 0) is 17.7 Å². The Kier molecular flexibility index (Phi) is 5.39. The van der Waals surface area contributed by atoms with Crippen molar-refractivity contribution in [1.82, 2.24) is 5.32 Å². The van der Waals surface area contributed by atoms with E-state index in [-0.39, 0.29) is 23.6 Å². The largest absolute Gasteiger partial charge is 0.468 e. The van der Waals surface area contributed by atoms with Crippen molar-refractivity contribution in [2.45, 2.75) is 12.3 Å². The molecule has 0 amide bonds. The van der Waals surface area contributed by atoms with Crippen molar-refractivity contribution in [3.05, 3.63) is 77.2 Å². The molecule has 1 N–H and O–H groups in total. The number of ketones is 1. The topological polar surface area (TPSA) is 64.6 Å². The maximum absolute atomic E-state index is 13.1. The normalized spacial score (nSPS) is 16.7. The highest BCUT2D eigenvalue weighted by molar-refractivity contribution is 6.25. The van der Waals surface area contributed by atoms with Crippen molar-refractivity contribution in [3.63, 3.8) is 0 Å². The molecular formula is C20H16F3NO4. The summed E-state index contributed by atoms with van der Waals surface area (Å²) in [5.74, 6) is -1.18. The standard InChI is InChI=1S/C20H16F3NO4/c1-27-15(25)11-24-19-16(13-8-5-9-14(10-13)20(21,22)23)17(26)18(28-19)12-6-3-2-4-7-12/h2-10,18,24H,11H2,1H3. The average molecular weight is 391 g/mol.